The molecule has 6 nitrogen and oxygen atoms in total. The smallest absolute Gasteiger partial charge is 0.327 e. The first-order valence-corrected chi connectivity index (χ1v) is 9.11. The molecule has 0 aromatic heterocycles. The fraction of sp³-hybridized carbons (Fsp3) is 0.579. The van der Waals surface area contributed by atoms with Gasteiger partial charge in [0.1, 0.15) is 11.8 Å². The van der Waals surface area contributed by atoms with E-state index in [1.807, 2.05) is 18.2 Å². The van der Waals surface area contributed by atoms with Crippen molar-refractivity contribution in [1.82, 2.24) is 9.80 Å². The largest absolute Gasteiger partial charge is 0.496 e. The number of carbonyl (C=O) groups excluding carboxylic acids is 2. The van der Waals surface area contributed by atoms with Crippen molar-refractivity contribution in [3.63, 3.8) is 0 Å². The van der Waals surface area contributed by atoms with Crippen molar-refractivity contribution < 1.29 is 14.3 Å². The summed E-state index contributed by atoms with van der Waals surface area (Å²) < 4.78 is 5.36. The van der Waals surface area contributed by atoms with Crippen LogP contribution in [-0.2, 0) is 11.2 Å². The molecule has 3 amide bonds. The highest BCUT2D eigenvalue weighted by Gasteiger charge is 2.46. The topological polar surface area (TPSA) is 75.9 Å². The number of hydrogen-bond acceptors (Lipinski definition) is 4. The number of aryl methyl sites for hydroxylation is 1. The molecule has 2 atom stereocenters. The van der Waals surface area contributed by atoms with Crippen molar-refractivity contribution in [2.45, 2.75) is 50.6 Å². The van der Waals surface area contributed by atoms with Crippen molar-refractivity contribution in [2.75, 3.05) is 20.2 Å². The van der Waals surface area contributed by atoms with Crippen LogP contribution in [0.15, 0.2) is 24.3 Å². The minimum absolute atomic E-state index is 0.0231. The highest BCUT2D eigenvalue weighted by atomic mass is 16.5. The number of hydrogen-bond donors (Lipinski definition) is 1. The SMILES string of the molecule is COc1ccccc1CCC(N)CCCN1C(=O)C2CCCN2C1=O. The summed E-state index contributed by atoms with van der Waals surface area (Å²) in [5.41, 5.74) is 7.38. The number of nitrogens with two attached hydrogens (primary N) is 1. The maximum absolute atomic E-state index is 12.3. The van der Waals surface area contributed by atoms with Gasteiger partial charge < -0.3 is 15.4 Å². The Hall–Kier alpha value is -2.08. The quantitative estimate of drug-likeness (QED) is 0.733. The van der Waals surface area contributed by atoms with Crippen LogP contribution in [0.3, 0.4) is 0 Å². The van der Waals surface area contributed by atoms with Gasteiger partial charge in [0.25, 0.3) is 5.91 Å². The second kappa shape index (κ2) is 7.87. The molecule has 2 heterocycles. The summed E-state index contributed by atoms with van der Waals surface area (Å²) in [4.78, 5) is 27.6. The van der Waals surface area contributed by atoms with Crippen LogP contribution < -0.4 is 10.5 Å². The number of carbonyl (C=O) groups is 2. The first kappa shape index (κ1) is 17.7. The van der Waals surface area contributed by atoms with Crippen molar-refractivity contribution in [1.29, 1.82) is 0 Å². The van der Waals surface area contributed by atoms with Gasteiger partial charge in [0.2, 0.25) is 0 Å². The summed E-state index contributed by atoms with van der Waals surface area (Å²) in [6, 6.07) is 7.70. The molecule has 6 heteroatoms. The Balaban J connectivity index is 1.42. The van der Waals surface area contributed by atoms with Crippen LogP contribution in [0.4, 0.5) is 4.79 Å². The van der Waals surface area contributed by atoms with Gasteiger partial charge in [0.15, 0.2) is 0 Å². The predicted octanol–water partition coefficient (Wildman–Crippen LogP) is 2.16. The summed E-state index contributed by atoms with van der Waals surface area (Å²) in [6.07, 6.45) is 5.02. The van der Waals surface area contributed by atoms with E-state index in [-0.39, 0.29) is 24.0 Å². The summed E-state index contributed by atoms with van der Waals surface area (Å²) >= 11 is 0. The minimum atomic E-state index is -0.202. The second-order valence-electron chi connectivity index (χ2n) is 6.88. The Bertz CT molecular complexity index is 612. The molecule has 0 saturated carbocycles. The lowest BCUT2D eigenvalue weighted by atomic mass is 10.0. The summed E-state index contributed by atoms with van der Waals surface area (Å²) in [7, 11) is 1.67. The molecule has 2 fully saturated rings. The first-order chi connectivity index (χ1) is 12.1. The molecule has 25 heavy (non-hydrogen) atoms. The zero-order valence-corrected chi connectivity index (χ0v) is 14.8. The fourth-order valence-electron chi connectivity index (χ4n) is 3.79. The lowest BCUT2D eigenvalue weighted by Crippen LogP contribution is -2.34. The van der Waals surface area contributed by atoms with E-state index in [0.29, 0.717) is 13.1 Å². The molecule has 2 N–H and O–H groups in total. The van der Waals surface area contributed by atoms with Gasteiger partial charge >= 0.3 is 6.03 Å². The highest BCUT2D eigenvalue weighted by molar-refractivity contribution is 6.04. The first-order valence-electron chi connectivity index (χ1n) is 9.11. The number of fused-ring (bicyclic) bond motifs is 1. The van der Waals surface area contributed by atoms with Gasteiger partial charge in [-0.3, -0.25) is 9.69 Å². The molecule has 3 rings (SSSR count). The van der Waals surface area contributed by atoms with Crippen molar-refractivity contribution >= 4 is 11.9 Å². The van der Waals surface area contributed by atoms with Crippen molar-refractivity contribution in [3.8, 4) is 5.75 Å². The molecule has 2 saturated heterocycles. The van der Waals surface area contributed by atoms with Gasteiger partial charge in [-0.05, 0) is 50.2 Å². The molecule has 136 valence electrons. The van der Waals surface area contributed by atoms with Crippen LogP contribution in [0.1, 0.15) is 37.7 Å². The Kier molecular flexibility index (Phi) is 5.58. The van der Waals surface area contributed by atoms with Crippen molar-refractivity contribution in [3.05, 3.63) is 29.8 Å². The van der Waals surface area contributed by atoms with E-state index in [4.69, 9.17) is 10.5 Å². The number of imide groups is 1. The minimum Gasteiger partial charge on any atom is -0.496 e. The van der Waals surface area contributed by atoms with Crippen LogP contribution in [0, 0.1) is 0 Å². The van der Waals surface area contributed by atoms with E-state index in [1.165, 1.54) is 4.90 Å². The normalized spacial score (nSPS) is 21.0. The number of amides is 3. The molecule has 0 spiro atoms. The Morgan fingerprint density at radius 3 is 2.84 bits per heavy atom. The molecule has 0 radical (unpaired) electrons. The van der Waals surface area contributed by atoms with Gasteiger partial charge in [-0.1, -0.05) is 18.2 Å². The summed E-state index contributed by atoms with van der Waals surface area (Å²) in [5.74, 6) is 0.869. The van der Waals surface area contributed by atoms with E-state index in [0.717, 1.165) is 49.8 Å². The van der Waals surface area contributed by atoms with E-state index in [2.05, 4.69) is 6.07 Å². The molecule has 0 aliphatic carbocycles. The maximum atomic E-state index is 12.3. The van der Waals surface area contributed by atoms with Crippen LogP contribution in [-0.4, -0.2) is 54.0 Å². The van der Waals surface area contributed by atoms with Crippen LogP contribution in [0.2, 0.25) is 0 Å². The number of nitrogens with zero attached hydrogens (tertiary/aromatic N) is 2. The van der Waals surface area contributed by atoms with Gasteiger partial charge in [-0.15, -0.1) is 0 Å². The zero-order valence-electron chi connectivity index (χ0n) is 14.8. The Labute approximate surface area is 148 Å². The number of benzene rings is 1. The number of urea groups is 1. The zero-order chi connectivity index (χ0) is 17.8. The molecule has 1 aromatic carbocycles. The second-order valence-corrected chi connectivity index (χ2v) is 6.88. The number of rotatable bonds is 8. The third-order valence-corrected chi connectivity index (χ3v) is 5.21. The third kappa shape index (κ3) is 3.79. The Morgan fingerprint density at radius 1 is 1.28 bits per heavy atom. The number of para-hydroxylation sites is 1. The number of methoxy groups -OCH3 is 1. The molecule has 0 bridgehead atoms. The van der Waals surface area contributed by atoms with Gasteiger partial charge in [0, 0.05) is 19.1 Å². The molecule has 2 aliphatic rings. The number of ether oxygens (including phenoxy) is 1. The van der Waals surface area contributed by atoms with Crippen LogP contribution in [0.5, 0.6) is 5.75 Å². The standard InChI is InChI=1S/C19H27N3O3/c1-25-17-9-3-2-6-14(17)10-11-15(20)7-4-13-22-18(23)16-8-5-12-21(16)19(22)24/h2-3,6,9,15-16H,4-5,7-8,10-13,20H2,1H3. The van der Waals surface area contributed by atoms with E-state index < -0.39 is 0 Å². The summed E-state index contributed by atoms with van der Waals surface area (Å²) in [6.45, 7) is 1.19. The molecular weight excluding hydrogens is 318 g/mol. The highest BCUT2D eigenvalue weighted by Crippen LogP contribution is 2.27. The molecule has 2 aliphatic heterocycles. The van der Waals surface area contributed by atoms with Crippen LogP contribution in [0.25, 0.3) is 0 Å². The van der Waals surface area contributed by atoms with Gasteiger partial charge in [0.05, 0.1) is 7.11 Å². The van der Waals surface area contributed by atoms with Gasteiger partial charge in [-0.25, -0.2) is 4.79 Å². The average molecular weight is 345 g/mol. The fourth-order valence-corrected chi connectivity index (χ4v) is 3.79. The van der Waals surface area contributed by atoms with Crippen LogP contribution >= 0.6 is 0 Å². The van der Waals surface area contributed by atoms with E-state index in [1.54, 1.807) is 12.0 Å². The Morgan fingerprint density at radius 2 is 2.08 bits per heavy atom. The van der Waals surface area contributed by atoms with Gasteiger partial charge in [-0.2, -0.15) is 0 Å². The average Bonchev–Trinajstić information content (AvgIpc) is 3.19. The maximum Gasteiger partial charge on any atom is 0.327 e. The third-order valence-electron chi connectivity index (χ3n) is 5.21. The predicted molar refractivity (Wildman–Crippen MR) is 95.4 cm³/mol. The molecular formula is C19H27N3O3. The van der Waals surface area contributed by atoms with Crippen molar-refractivity contribution in [2.24, 2.45) is 5.73 Å². The summed E-state index contributed by atoms with van der Waals surface area (Å²) in [5, 5.41) is 0. The van der Waals surface area contributed by atoms with E-state index >= 15 is 0 Å². The molecule has 2 unspecified atom stereocenters. The lowest BCUT2D eigenvalue weighted by Gasteiger charge is -2.17. The van der Waals surface area contributed by atoms with E-state index in [9.17, 15) is 9.59 Å². The monoisotopic (exact) mass is 345 g/mol. The molecule has 1 aromatic rings. The lowest BCUT2D eigenvalue weighted by molar-refractivity contribution is -0.128.